The van der Waals surface area contributed by atoms with E-state index in [0.29, 0.717) is 5.69 Å². The van der Waals surface area contributed by atoms with Gasteiger partial charge in [0.15, 0.2) is 17.4 Å². The molecule has 2 heterocycles. The topological polar surface area (TPSA) is 203 Å². The lowest BCUT2D eigenvalue weighted by atomic mass is 10.0. The molecule has 0 aliphatic carbocycles. The number of nitrogens with two attached hydrogens (primary N) is 1. The van der Waals surface area contributed by atoms with Gasteiger partial charge in [-0.25, -0.2) is 19.2 Å². The van der Waals surface area contributed by atoms with Crippen LogP contribution < -0.4 is 31.0 Å². The minimum Gasteiger partial charge on any atom is -0.494 e. The van der Waals surface area contributed by atoms with E-state index in [-0.39, 0.29) is 65.8 Å². The van der Waals surface area contributed by atoms with Gasteiger partial charge in [-0.3, -0.25) is 15.2 Å². The van der Waals surface area contributed by atoms with E-state index in [9.17, 15) is 14.7 Å². The number of ether oxygens (including phenoxy) is 3. The first-order chi connectivity index (χ1) is 19.7. The number of amidine groups is 1. The minimum absolute atomic E-state index is 0.0130. The number of hydrogen-bond donors (Lipinski definition) is 5. The number of benzene rings is 2. The van der Waals surface area contributed by atoms with Crippen LogP contribution in [-0.2, 0) is 4.79 Å². The molecule has 15 heteroatoms. The number of anilines is 1. The molecule has 0 bridgehead atoms. The normalized spacial score (nSPS) is 11.5. The number of aliphatic hydroxyl groups is 1. The number of H-pyrrole nitrogens is 1. The van der Waals surface area contributed by atoms with Crippen molar-refractivity contribution in [2.24, 2.45) is 5.73 Å². The number of nitrogens with one attached hydrogen (secondary N) is 3. The van der Waals surface area contributed by atoms with Gasteiger partial charge in [-0.15, -0.1) is 9.78 Å². The van der Waals surface area contributed by atoms with Crippen molar-refractivity contribution in [3.8, 4) is 23.2 Å². The van der Waals surface area contributed by atoms with Gasteiger partial charge in [0.1, 0.15) is 30.0 Å². The third-order valence-corrected chi connectivity index (χ3v) is 5.50. The van der Waals surface area contributed by atoms with E-state index in [1.165, 1.54) is 49.6 Å². The molecule has 14 nitrogen and oxygen atoms in total. The first-order valence-corrected chi connectivity index (χ1v) is 12.3. The van der Waals surface area contributed by atoms with Crippen LogP contribution in [0.25, 0.3) is 5.95 Å². The van der Waals surface area contributed by atoms with Gasteiger partial charge < -0.3 is 30.4 Å². The molecule has 0 saturated carbocycles. The second-order valence-corrected chi connectivity index (χ2v) is 8.40. The summed E-state index contributed by atoms with van der Waals surface area (Å²) in [6.45, 7) is 2.67. The quantitative estimate of drug-likeness (QED) is 0.0722. The number of carbonyl (C=O) groups is 1. The molecule has 0 radical (unpaired) electrons. The molecule has 4 aromatic rings. The third kappa shape index (κ3) is 6.65. The standard InChI is InChI=1S/C26H27FN8O6/c1-3-39-16-12-18(21(27)20(13-16)40-10-9-36)22(24-33-26(38)35(34-24)25-30-7-4-8-31-25)32-15-5-6-17(23(28)29)19(11-15)41-14(2)37/h4-8,11-13,22,32,36H,3,9-10H2,1-2H3,(H3,28,29)(H,33,34,38). The highest BCUT2D eigenvalue weighted by Gasteiger charge is 2.27. The molecule has 4 rings (SSSR count). The van der Waals surface area contributed by atoms with Crippen LogP contribution in [0.5, 0.6) is 17.2 Å². The molecule has 0 fully saturated rings. The molecule has 0 amide bonds. The summed E-state index contributed by atoms with van der Waals surface area (Å²) in [4.78, 5) is 35.2. The molecular weight excluding hydrogens is 539 g/mol. The van der Waals surface area contributed by atoms with Crippen LogP contribution in [0.4, 0.5) is 10.1 Å². The highest BCUT2D eigenvalue weighted by Crippen LogP contribution is 2.36. The summed E-state index contributed by atoms with van der Waals surface area (Å²) in [5.74, 6) is -1.81. The summed E-state index contributed by atoms with van der Waals surface area (Å²) in [6, 6.07) is 7.51. The number of aliphatic hydroxyl groups excluding tert-OH is 1. The summed E-state index contributed by atoms with van der Waals surface area (Å²) >= 11 is 0. The van der Waals surface area contributed by atoms with Crippen molar-refractivity contribution in [1.82, 2.24) is 24.7 Å². The summed E-state index contributed by atoms with van der Waals surface area (Å²) in [5, 5.41) is 24.4. The lowest BCUT2D eigenvalue weighted by Gasteiger charge is -2.22. The van der Waals surface area contributed by atoms with Gasteiger partial charge in [0.25, 0.3) is 5.95 Å². The number of nitrogen functional groups attached to an aromatic ring is 1. The molecule has 0 aliphatic rings. The Labute approximate surface area is 232 Å². The van der Waals surface area contributed by atoms with Crippen LogP contribution in [-0.4, -0.2) is 61.5 Å². The number of aromatic nitrogens is 5. The van der Waals surface area contributed by atoms with Crippen molar-refractivity contribution < 1.29 is 28.5 Å². The average Bonchev–Trinajstić information content (AvgIpc) is 3.33. The van der Waals surface area contributed by atoms with Gasteiger partial charge in [0.05, 0.1) is 18.8 Å². The smallest absolute Gasteiger partial charge is 0.350 e. The molecule has 0 aliphatic heterocycles. The van der Waals surface area contributed by atoms with Crippen LogP contribution in [0.15, 0.2) is 53.6 Å². The SMILES string of the molecule is CCOc1cc(OCCO)c(F)c(C(Nc2ccc(C(=N)N)c(OC(C)=O)c2)c2nn(-c3ncccn3)c(=O)[nH]2)c1. The molecule has 1 atom stereocenters. The van der Waals surface area contributed by atoms with Crippen LogP contribution in [0.3, 0.4) is 0 Å². The molecular formula is C26H27FN8O6. The molecule has 0 spiro atoms. The van der Waals surface area contributed by atoms with Crippen molar-refractivity contribution in [3.63, 3.8) is 0 Å². The molecule has 2 aromatic carbocycles. The van der Waals surface area contributed by atoms with E-state index in [2.05, 4.69) is 25.4 Å². The van der Waals surface area contributed by atoms with E-state index >= 15 is 4.39 Å². The Morgan fingerprint density at radius 1 is 1.22 bits per heavy atom. The number of carbonyl (C=O) groups excluding carboxylic acids is 1. The highest BCUT2D eigenvalue weighted by molar-refractivity contribution is 5.98. The molecule has 1 unspecified atom stereocenters. The van der Waals surface area contributed by atoms with Crippen LogP contribution in [0.1, 0.15) is 36.8 Å². The predicted octanol–water partition coefficient (Wildman–Crippen LogP) is 1.67. The van der Waals surface area contributed by atoms with Gasteiger partial charge in [-0.2, -0.15) is 0 Å². The molecule has 0 saturated heterocycles. The number of rotatable bonds is 12. The largest absolute Gasteiger partial charge is 0.494 e. The second kappa shape index (κ2) is 12.7. The average molecular weight is 567 g/mol. The number of halogens is 1. The van der Waals surface area contributed by atoms with E-state index in [1.54, 1.807) is 13.0 Å². The van der Waals surface area contributed by atoms with Gasteiger partial charge in [0, 0.05) is 42.7 Å². The number of aromatic amines is 1. The zero-order chi connectivity index (χ0) is 29.5. The lowest BCUT2D eigenvalue weighted by molar-refractivity contribution is -0.131. The third-order valence-electron chi connectivity index (χ3n) is 5.50. The summed E-state index contributed by atoms with van der Waals surface area (Å²) in [5.41, 5.74) is 5.35. The van der Waals surface area contributed by atoms with Gasteiger partial charge >= 0.3 is 11.7 Å². The summed E-state index contributed by atoms with van der Waals surface area (Å²) < 4.78 is 33.1. The van der Waals surface area contributed by atoms with Gasteiger partial charge in [-0.05, 0) is 31.2 Å². The Morgan fingerprint density at radius 2 is 1.98 bits per heavy atom. The first-order valence-electron chi connectivity index (χ1n) is 12.3. The highest BCUT2D eigenvalue weighted by atomic mass is 19.1. The molecule has 214 valence electrons. The van der Waals surface area contributed by atoms with E-state index in [4.69, 9.17) is 25.4 Å². The van der Waals surface area contributed by atoms with Crippen LogP contribution in [0, 0.1) is 11.2 Å². The fourth-order valence-corrected chi connectivity index (χ4v) is 3.85. The fraction of sp³-hybridized carbons (Fsp3) is 0.231. The summed E-state index contributed by atoms with van der Waals surface area (Å²) in [7, 11) is 0. The van der Waals surface area contributed by atoms with Crippen molar-refractivity contribution >= 4 is 17.5 Å². The van der Waals surface area contributed by atoms with E-state index in [1.807, 2.05) is 0 Å². The molecule has 6 N–H and O–H groups in total. The van der Waals surface area contributed by atoms with Gasteiger partial charge in [-0.1, -0.05) is 0 Å². The Bertz CT molecular complexity index is 1610. The van der Waals surface area contributed by atoms with Crippen molar-refractivity contribution in [2.75, 3.05) is 25.1 Å². The Morgan fingerprint density at radius 3 is 2.63 bits per heavy atom. The number of hydrogen-bond acceptors (Lipinski definition) is 11. The maximum atomic E-state index is 15.9. The Hall–Kier alpha value is -5.31. The second-order valence-electron chi connectivity index (χ2n) is 8.40. The van der Waals surface area contributed by atoms with Crippen LogP contribution >= 0.6 is 0 Å². The number of esters is 1. The van der Waals surface area contributed by atoms with Crippen LogP contribution in [0.2, 0.25) is 0 Å². The molecule has 41 heavy (non-hydrogen) atoms. The van der Waals surface area contributed by atoms with Crippen molar-refractivity contribution in [2.45, 2.75) is 19.9 Å². The first kappa shape index (κ1) is 28.7. The minimum atomic E-state index is -1.18. The summed E-state index contributed by atoms with van der Waals surface area (Å²) in [6.07, 6.45) is 2.87. The Kier molecular flexibility index (Phi) is 8.88. The maximum Gasteiger partial charge on any atom is 0.350 e. The Balaban J connectivity index is 1.89. The zero-order valence-electron chi connectivity index (χ0n) is 22.1. The van der Waals surface area contributed by atoms with Crippen molar-refractivity contribution in [1.29, 1.82) is 5.41 Å². The maximum absolute atomic E-state index is 15.9. The monoisotopic (exact) mass is 566 g/mol. The van der Waals surface area contributed by atoms with E-state index in [0.717, 1.165) is 4.68 Å². The predicted molar refractivity (Wildman–Crippen MR) is 144 cm³/mol. The van der Waals surface area contributed by atoms with Gasteiger partial charge in [0.2, 0.25) is 0 Å². The van der Waals surface area contributed by atoms with E-state index < -0.39 is 23.5 Å². The van der Waals surface area contributed by atoms with Crippen molar-refractivity contribution in [3.05, 3.63) is 82.0 Å². The number of nitrogens with zero attached hydrogens (tertiary/aromatic N) is 4. The molecule has 2 aromatic heterocycles. The fourth-order valence-electron chi connectivity index (χ4n) is 3.85. The zero-order valence-corrected chi connectivity index (χ0v) is 22.1. The lowest BCUT2D eigenvalue weighted by Crippen LogP contribution is -2.19.